The average Bonchev–Trinajstić information content (AvgIpc) is 2.57. The summed E-state index contributed by atoms with van der Waals surface area (Å²) in [6.45, 7) is 0.988. The first-order valence-corrected chi connectivity index (χ1v) is 6.52. The average molecular weight is 206 g/mol. The van der Waals surface area contributed by atoms with Crippen LogP contribution in [0.4, 0.5) is 0 Å². The molecule has 0 N–H and O–H groups in total. The SMILES string of the molecule is SCCCCSCC1CCCO1. The lowest BCUT2D eigenvalue weighted by Gasteiger charge is -2.07. The molecule has 1 fully saturated rings. The van der Waals surface area contributed by atoms with E-state index in [1.165, 1.54) is 37.2 Å². The molecule has 0 spiro atoms. The second-order valence-electron chi connectivity index (χ2n) is 3.14. The zero-order valence-corrected chi connectivity index (χ0v) is 9.21. The third-order valence-electron chi connectivity index (χ3n) is 2.02. The van der Waals surface area contributed by atoms with E-state index in [2.05, 4.69) is 12.6 Å². The summed E-state index contributed by atoms with van der Waals surface area (Å²) >= 11 is 6.21. The Labute approximate surface area is 85.0 Å². The van der Waals surface area contributed by atoms with Gasteiger partial charge in [-0.2, -0.15) is 24.4 Å². The van der Waals surface area contributed by atoms with Crippen LogP contribution in [0.3, 0.4) is 0 Å². The Morgan fingerprint density at radius 2 is 2.33 bits per heavy atom. The predicted molar refractivity (Wildman–Crippen MR) is 59.4 cm³/mol. The molecule has 1 rings (SSSR count). The molecule has 0 amide bonds. The van der Waals surface area contributed by atoms with Crippen molar-refractivity contribution in [3.05, 3.63) is 0 Å². The minimum Gasteiger partial charge on any atom is -0.377 e. The second kappa shape index (κ2) is 7.10. The summed E-state index contributed by atoms with van der Waals surface area (Å²) in [5.41, 5.74) is 0. The van der Waals surface area contributed by atoms with Crippen LogP contribution in [-0.2, 0) is 4.74 Å². The highest BCUT2D eigenvalue weighted by Gasteiger charge is 2.14. The molecule has 0 aromatic rings. The third-order valence-corrected chi connectivity index (χ3v) is 3.53. The van der Waals surface area contributed by atoms with E-state index in [4.69, 9.17) is 4.74 Å². The van der Waals surface area contributed by atoms with Crippen molar-refractivity contribution in [3.63, 3.8) is 0 Å². The molecule has 1 unspecified atom stereocenters. The van der Waals surface area contributed by atoms with Gasteiger partial charge in [-0.05, 0) is 37.2 Å². The maximum Gasteiger partial charge on any atom is 0.0666 e. The van der Waals surface area contributed by atoms with Crippen molar-refractivity contribution in [2.45, 2.75) is 31.8 Å². The monoisotopic (exact) mass is 206 g/mol. The normalized spacial score (nSPS) is 23.2. The van der Waals surface area contributed by atoms with E-state index in [0.717, 1.165) is 12.4 Å². The van der Waals surface area contributed by atoms with E-state index < -0.39 is 0 Å². The van der Waals surface area contributed by atoms with Crippen LogP contribution >= 0.6 is 24.4 Å². The Kier molecular flexibility index (Phi) is 6.35. The fourth-order valence-electron chi connectivity index (χ4n) is 1.31. The van der Waals surface area contributed by atoms with Crippen molar-refractivity contribution in [1.29, 1.82) is 0 Å². The molecule has 0 bridgehead atoms. The third kappa shape index (κ3) is 4.63. The Morgan fingerprint density at radius 3 is 3.00 bits per heavy atom. The fraction of sp³-hybridized carbons (Fsp3) is 1.00. The van der Waals surface area contributed by atoms with Gasteiger partial charge in [0.05, 0.1) is 6.10 Å². The first-order chi connectivity index (χ1) is 5.93. The van der Waals surface area contributed by atoms with Gasteiger partial charge in [0.1, 0.15) is 0 Å². The van der Waals surface area contributed by atoms with Crippen molar-refractivity contribution >= 4 is 24.4 Å². The number of thioether (sulfide) groups is 1. The lowest BCUT2D eigenvalue weighted by molar-refractivity contribution is 0.129. The van der Waals surface area contributed by atoms with Gasteiger partial charge in [-0.15, -0.1) is 0 Å². The van der Waals surface area contributed by atoms with Gasteiger partial charge in [-0.25, -0.2) is 0 Å². The Morgan fingerprint density at radius 1 is 1.42 bits per heavy atom. The number of unbranched alkanes of at least 4 members (excludes halogenated alkanes) is 1. The van der Waals surface area contributed by atoms with Gasteiger partial charge in [0.2, 0.25) is 0 Å². The summed E-state index contributed by atoms with van der Waals surface area (Å²) in [5, 5.41) is 0. The Hall–Kier alpha value is 0.660. The molecule has 12 heavy (non-hydrogen) atoms. The molecule has 0 radical (unpaired) electrons. The highest BCUT2D eigenvalue weighted by Crippen LogP contribution is 2.17. The zero-order chi connectivity index (χ0) is 8.65. The number of ether oxygens (including phenoxy) is 1. The van der Waals surface area contributed by atoms with Crippen molar-refractivity contribution in [2.75, 3.05) is 23.9 Å². The molecule has 1 aliphatic heterocycles. The molecule has 0 aliphatic carbocycles. The summed E-state index contributed by atoms with van der Waals surface area (Å²) in [4.78, 5) is 0. The lowest BCUT2D eigenvalue weighted by atomic mass is 10.3. The van der Waals surface area contributed by atoms with E-state index in [9.17, 15) is 0 Å². The fourth-order valence-corrected chi connectivity index (χ4v) is 2.63. The summed E-state index contributed by atoms with van der Waals surface area (Å²) in [7, 11) is 0. The highest BCUT2D eigenvalue weighted by molar-refractivity contribution is 7.99. The van der Waals surface area contributed by atoms with E-state index in [1.807, 2.05) is 11.8 Å². The van der Waals surface area contributed by atoms with Gasteiger partial charge >= 0.3 is 0 Å². The van der Waals surface area contributed by atoms with Crippen LogP contribution in [0.1, 0.15) is 25.7 Å². The number of hydrogen-bond donors (Lipinski definition) is 1. The van der Waals surface area contributed by atoms with Gasteiger partial charge in [-0.1, -0.05) is 0 Å². The largest absolute Gasteiger partial charge is 0.377 e. The molecule has 1 heterocycles. The first-order valence-electron chi connectivity index (χ1n) is 4.73. The Balaban J connectivity index is 1.81. The van der Waals surface area contributed by atoms with E-state index >= 15 is 0 Å². The number of hydrogen-bond acceptors (Lipinski definition) is 3. The van der Waals surface area contributed by atoms with Gasteiger partial charge in [0, 0.05) is 12.4 Å². The molecule has 1 aliphatic rings. The minimum absolute atomic E-state index is 0.561. The number of rotatable bonds is 6. The van der Waals surface area contributed by atoms with E-state index in [1.54, 1.807) is 0 Å². The summed E-state index contributed by atoms with van der Waals surface area (Å²) < 4.78 is 5.52. The van der Waals surface area contributed by atoms with E-state index in [-0.39, 0.29) is 0 Å². The maximum absolute atomic E-state index is 5.52. The highest BCUT2D eigenvalue weighted by atomic mass is 32.2. The van der Waals surface area contributed by atoms with Crippen LogP contribution in [0.5, 0.6) is 0 Å². The van der Waals surface area contributed by atoms with Crippen molar-refractivity contribution in [2.24, 2.45) is 0 Å². The second-order valence-corrected chi connectivity index (χ2v) is 4.74. The van der Waals surface area contributed by atoms with Crippen molar-refractivity contribution in [3.8, 4) is 0 Å². The molecule has 1 nitrogen and oxygen atoms in total. The van der Waals surface area contributed by atoms with Crippen molar-refractivity contribution in [1.82, 2.24) is 0 Å². The molecule has 72 valence electrons. The lowest BCUT2D eigenvalue weighted by Crippen LogP contribution is -2.08. The van der Waals surface area contributed by atoms with Crippen molar-refractivity contribution < 1.29 is 4.74 Å². The van der Waals surface area contributed by atoms with Gasteiger partial charge in [-0.3, -0.25) is 0 Å². The Bertz CT molecular complexity index is 103. The van der Waals surface area contributed by atoms with Crippen LogP contribution in [0.25, 0.3) is 0 Å². The predicted octanol–water partition coefficient (Wildman–Crippen LogP) is 2.61. The summed E-state index contributed by atoms with van der Waals surface area (Å²) in [6, 6.07) is 0. The van der Waals surface area contributed by atoms with Gasteiger partial charge in [0.15, 0.2) is 0 Å². The van der Waals surface area contributed by atoms with Gasteiger partial charge in [0.25, 0.3) is 0 Å². The molecular weight excluding hydrogens is 188 g/mol. The first kappa shape index (κ1) is 10.7. The smallest absolute Gasteiger partial charge is 0.0666 e. The quantitative estimate of drug-likeness (QED) is 0.528. The molecule has 3 heteroatoms. The molecule has 0 aromatic heterocycles. The zero-order valence-electron chi connectivity index (χ0n) is 7.50. The van der Waals surface area contributed by atoms with Crippen LogP contribution in [0.2, 0.25) is 0 Å². The van der Waals surface area contributed by atoms with Crippen LogP contribution in [0, 0.1) is 0 Å². The van der Waals surface area contributed by atoms with Crippen LogP contribution in [-0.4, -0.2) is 30.0 Å². The van der Waals surface area contributed by atoms with E-state index in [0.29, 0.717) is 6.10 Å². The minimum atomic E-state index is 0.561. The topological polar surface area (TPSA) is 9.23 Å². The molecule has 0 aromatic carbocycles. The van der Waals surface area contributed by atoms with Gasteiger partial charge < -0.3 is 4.74 Å². The summed E-state index contributed by atoms with van der Waals surface area (Å²) in [5.74, 6) is 3.51. The molecular formula is C9H18OS2. The van der Waals surface area contributed by atoms with Crippen LogP contribution in [0.15, 0.2) is 0 Å². The molecule has 1 atom stereocenters. The standard InChI is InChI=1S/C9H18OS2/c11-6-1-2-7-12-8-9-4-3-5-10-9/h9,11H,1-8H2. The number of thiol groups is 1. The molecule has 0 saturated carbocycles. The summed E-state index contributed by atoms with van der Waals surface area (Å²) in [6.07, 6.45) is 5.66. The van der Waals surface area contributed by atoms with Crippen LogP contribution < -0.4 is 0 Å². The molecule has 1 saturated heterocycles. The maximum atomic E-state index is 5.52.